The minimum atomic E-state index is 0.0159. The van der Waals surface area contributed by atoms with E-state index < -0.39 is 0 Å². The zero-order valence-electron chi connectivity index (χ0n) is 10.7. The summed E-state index contributed by atoms with van der Waals surface area (Å²) in [4.78, 5) is 0. The van der Waals surface area contributed by atoms with E-state index in [4.69, 9.17) is 16.0 Å². The van der Waals surface area contributed by atoms with Crippen molar-refractivity contribution in [3.63, 3.8) is 0 Å². The normalized spacial score (nSPS) is 11.6. The van der Waals surface area contributed by atoms with E-state index in [1.165, 1.54) is 6.39 Å². The Labute approximate surface area is 111 Å². The molecule has 1 aromatic carbocycles. The average Bonchev–Trinajstić information content (AvgIpc) is 2.78. The van der Waals surface area contributed by atoms with Gasteiger partial charge in [-0.1, -0.05) is 44.5 Å². The van der Waals surface area contributed by atoms with Crippen molar-refractivity contribution in [2.75, 3.05) is 5.32 Å². The fourth-order valence-electron chi connectivity index (χ4n) is 1.77. The summed E-state index contributed by atoms with van der Waals surface area (Å²) in [5.41, 5.74) is 2.10. The number of anilines is 1. The van der Waals surface area contributed by atoms with Crippen LogP contribution in [0.1, 0.15) is 32.2 Å². The number of halogens is 1. The lowest BCUT2D eigenvalue weighted by atomic mass is 9.86. The fraction of sp³-hybridized carbons (Fsp3) is 0.385. The van der Waals surface area contributed by atoms with Crippen LogP contribution in [0.25, 0.3) is 0 Å². The third-order valence-electron chi connectivity index (χ3n) is 2.64. The van der Waals surface area contributed by atoms with Crippen molar-refractivity contribution < 1.29 is 4.42 Å². The Hall–Kier alpha value is -1.55. The van der Waals surface area contributed by atoms with Gasteiger partial charge in [0.1, 0.15) is 0 Å². The first-order valence-corrected chi connectivity index (χ1v) is 6.14. The monoisotopic (exact) mass is 265 g/mol. The standard InChI is InChI=1S/C13H16ClN3O/c1-13(2,3)9-5-4-6-10(14)12(9)15-7-11-17-16-8-18-11/h4-6,8,15H,7H2,1-3H3. The maximum Gasteiger partial charge on any atom is 0.235 e. The van der Waals surface area contributed by atoms with Gasteiger partial charge in [-0.3, -0.25) is 0 Å². The molecule has 1 N–H and O–H groups in total. The minimum absolute atomic E-state index is 0.0159. The van der Waals surface area contributed by atoms with Crippen LogP contribution in [0.3, 0.4) is 0 Å². The summed E-state index contributed by atoms with van der Waals surface area (Å²) in [5.74, 6) is 0.537. The highest BCUT2D eigenvalue weighted by Crippen LogP contribution is 2.34. The van der Waals surface area contributed by atoms with Gasteiger partial charge in [0.2, 0.25) is 12.3 Å². The van der Waals surface area contributed by atoms with Gasteiger partial charge in [0.25, 0.3) is 0 Å². The lowest BCUT2D eigenvalue weighted by Crippen LogP contribution is -2.15. The summed E-state index contributed by atoms with van der Waals surface area (Å²) < 4.78 is 5.09. The first-order valence-electron chi connectivity index (χ1n) is 5.76. The fourth-order valence-corrected chi connectivity index (χ4v) is 2.01. The van der Waals surface area contributed by atoms with Gasteiger partial charge in [-0.15, -0.1) is 10.2 Å². The maximum atomic E-state index is 6.25. The predicted molar refractivity (Wildman–Crippen MR) is 71.8 cm³/mol. The van der Waals surface area contributed by atoms with Crippen LogP contribution in [0, 0.1) is 0 Å². The second-order valence-electron chi connectivity index (χ2n) is 5.10. The van der Waals surface area contributed by atoms with Gasteiger partial charge in [-0.05, 0) is 17.0 Å². The summed E-state index contributed by atoms with van der Waals surface area (Å²) in [7, 11) is 0. The van der Waals surface area contributed by atoms with Crippen molar-refractivity contribution in [2.24, 2.45) is 0 Å². The summed E-state index contributed by atoms with van der Waals surface area (Å²) in [5, 5.41) is 11.4. The Bertz CT molecular complexity index is 518. The number of rotatable bonds is 3. The molecule has 18 heavy (non-hydrogen) atoms. The van der Waals surface area contributed by atoms with Crippen molar-refractivity contribution >= 4 is 17.3 Å². The second kappa shape index (κ2) is 4.98. The molecule has 0 saturated heterocycles. The van der Waals surface area contributed by atoms with Crippen LogP contribution in [0.2, 0.25) is 5.02 Å². The Kier molecular flexibility index (Phi) is 3.57. The van der Waals surface area contributed by atoms with Crippen LogP contribution in [-0.2, 0) is 12.0 Å². The number of nitrogens with one attached hydrogen (secondary N) is 1. The zero-order chi connectivity index (χ0) is 13.2. The molecule has 1 heterocycles. The Balaban J connectivity index is 2.26. The molecule has 0 spiro atoms. The predicted octanol–water partition coefficient (Wildman–Crippen LogP) is 3.63. The largest absolute Gasteiger partial charge is 0.426 e. The van der Waals surface area contributed by atoms with Gasteiger partial charge in [-0.25, -0.2) is 0 Å². The Morgan fingerprint density at radius 1 is 1.33 bits per heavy atom. The third kappa shape index (κ3) is 2.82. The summed E-state index contributed by atoms with van der Waals surface area (Å²) in [6, 6.07) is 5.90. The van der Waals surface area contributed by atoms with Crippen LogP contribution in [0.5, 0.6) is 0 Å². The molecule has 0 aliphatic rings. The Morgan fingerprint density at radius 3 is 2.72 bits per heavy atom. The first-order chi connectivity index (χ1) is 8.48. The molecule has 5 heteroatoms. The highest BCUT2D eigenvalue weighted by atomic mass is 35.5. The molecule has 0 fully saturated rings. The van der Waals surface area contributed by atoms with Crippen molar-refractivity contribution in [3.8, 4) is 0 Å². The van der Waals surface area contributed by atoms with E-state index in [1.54, 1.807) is 0 Å². The summed E-state index contributed by atoms with van der Waals surface area (Å²) >= 11 is 6.25. The zero-order valence-corrected chi connectivity index (χ0v) is 11.5. The molecule has 0 atom stereocenters. The molecule has 2 rings (SSSR count). The van der Waals surface area contributed by atoms with Crippen LogP contribution in [0.4, 0.5) is 5.69 Å². The molecular formula is C13H16ClN3O. The molecule has 0 aliphatic carbocycles. The van der Waals surface area contributed by atoms with E-state index in [2.05, 4.69) is 42.4 Å². The quantitative estimate of drug-likeness (QED) is 0.921. The third-order valence-corrected chi connectivity index (χ3v) is 2.96. The number of para-hydroxylation sites is 1. The van der Waals surface area contributed by atoms with Crippen molar-refractivity contribution in [1.29, 1.82) is 0 Å². The molecule has 0 unspecified atom stereocenters. The number of aromatic nitrogens is 2. The van der Waals surface area contributed by atoms with Crippen LogP contribution < -0.4 is 5.32 Å². The van der Waals surface area contributed by atoms with Crippen LogP contribution in [0.15, 0.2) is 29.0 Å². The topological polar surface area (TPSA) is 51.0 Å². The minimum Gasteiger partial charge on any atom is -0.426 e. The second-order valence-corrected chi connectivity index (χ2v) is 5.51. The maximum absolute atomic E-state index is 6.25. The number of hydrogen-bond acceptors (Lipinski definition) is 4. The number of hydrogen-bond donors (Lipinski definition) is 1. The van der Waals surface area contributed by atoms with Crippen LogP contribution in [-0.4, -0.2) is 10.2 Å². The van der Waals surface area contributed by atoms with Gasteiger partial charge in [0.15, 0.2) is 0 Å². The van der Waals surface area contributed by atoms with Gasteiger partial charge in [0.05, 0.1) is 17.3 Å². The van der Waals surface area contributed by atoms with Crippen LogP contribution >= 0.6 is 11.6 Å². The van der Waals surface area contributed by atoms with E-state index >= 15 is 0 Å². The molecule has 4 nitrogen and oxygen atoms in total. The summed E-state index contributed by atoms with van der Waals surface area (Å²) in [6.07, 6.45) is 1.31. The number of benzene rings is 1. The molecule has 0 saturated carbocycles. The van der Waals surface area contributed by atoms with Gasteiger partial charge >= 0.3 is 0 Å². The smallest absolute Gasteiger partial charge is 0.235 e. The molecule has 0 aliphatic heterocycles. The molecule has 0 radical (unpaired) electrons. The molecule has 0 bridgehead atoms. The van der Waals surface area contributed by atoms with Gasteiger partial charge < -0.3 is 9.73 Å². The van der Waals surface area contributed by atoms with E-state index in [9.17, 15) is 0 Å². The van der Waals surface area contributed by atoms with Crippen molar-refractivity contribution in [2.45, 2.75) is 32.7 Å². The molecule has 0 amide bonds. The Morgan fingerprint density at radius 2 is 2.11 bits per heavy atom. The highest BCUT2D eigenvalue weighted by Gasteiger charge is 2.19. The average molecular weight is 266 g/mol. The lowest BCUT2D eigenvalue weighted by Gasteiger charge is -2.24. The molecule has 1 aromatic heterocycles. The van der Waals surface area contributed by atoms with E-state index in [0.29, 0.717) is 17.5 Å². The van der Waals surface area contributed by atoms with Crippen molar-refractivity contribution in [3.05, 3.63) is 41.1 Å². The highest BCUT2D eigenvalue weighted by molar-refractivity contribution is 6.33. The van der Waals surface area contributed by atoms with E-state index in [-0.39, 0.29) is 5.41 Å². The molecule has 96 valence electrons. The first kappa shape index (κ1) is 12.9. The molecular weight excluding hydrogens is 250 g/mol. The van der Waals surface area contributed by atoms with E-state index in [1.807, 2.05) is 12.1 Å². The van der Waals surface area contributed by atoms with Crippen molar-refractivity contribution in [1.82, 2.24) is 10.2 Å². The van der Waals surface area contributed by atoms with Gasteiger partial charge in [-0.2, -0.15) is 0 Å². The SMILES string of the molecule is CC(C)(C)c1cccc(Cl)c1NCc1nnco1. The van der Waals surface area contributed by atoms with E-state index in [0.717, 1.165) is 11.3 Å². The summed E-state index contributed by atoms with van der Waals surface area (Å²) in [6.45, 7) is 6.91. The van der Waals surface area contributed by atoms with Gasteiger partial charge in [0, 0.05) is 0 Å². The molecule has 2 aromatic rings. The lowest BCUT2D eigenvalue weighted by molar-refractivity contribution is 0.501. The number of nitrogens with zero attached hydrogens (tertiary/aromatic N) is 2.